The lowest BCUT2D eigenvalue weighted by Crippen LogP contribution is -2.17. The monoisotopic (exact) mass is 225 g/mol. The predicted molar refractivity (Wildman–Crippen MR) is 57.3 cm³/mol. The van der Waals surface area contributed by atoms with Crippen molar-refractivity contribution in [3.05, 3.63) is 32.7 Å². The van der Waals surface area contributed by atoms with E-state index in [2.05, 4.69) is 15.3 Å². The maximum Gasteiger partial charge on any atom is 0.342 e. The first-order valence-corrected chi connectivity index (χ1v) is 4.85. The summed E-state index contributed by atoms with van der Waals surface area (Å²) in [5.41, 5.74) is 1.78. The molecule has 0 aliphatic heterocycles. The summed E-state index contributed by atoms with van der Waals surface area (Å²) in [4.78, 5) is 11.3. The Morgan fingerprint density at radius 2 is 2.27 bits per heavy atom. The first-order chi connectivity index (χ1) is 7.09. The highest BCUT2D eigenvalue weighted by molar-refractivity contribution is 7.71. The first-order valence-electron chi connectivity index (χ1n) is 4.44. The van der Waals surface area contributed by atoms with E-state index in [1.165, 1.54) is 4.57 Å². The van der Waals surface area contributed by atoms with Crippen LogP contribution in [0, 0.1) is 11.7 Å². The highest BCUT2D eigenvalue weighted by Gasteiger charge is 2.07. The molecule has 0 radical (unpaired) electrons. The molecule has 2 N–H and O–H groups in total. The summed E-state index contributed by atoms with van der Waals surface area (Å²) in [7, 11) is 1.86. The van der Waals surface area contributed by atoms with E-state index in [9.17, 15) is 4.79 Å². The summed E-state index contributed by atoms with van der Waals surface area (Å²) in [6.07, 6.45) is 1.74. The fourth-order valence-electron chi connectivity index (χ4n) is 1.35. The zero-order chi connectivity index (χ0) is 11.0. The van der Waals surface area contributed by atoms with Crippen LogP contribution in [0.25, 0.3) is 0 Å². The summed E-state index contributed by atoms with van der Waals surface area (Å²) in [6.45, 7) is 2.39. The average molecular weight is 225 g/mol. The van der Waals surface area contributed by atoms with E-state index in [0.717, 1.165) is 11.3 Å². The minimum Gasteiger partial charge on any atom is -0.273 e. The molecule has 0 fully saturated rings. The van der Waals surface area contributed by atoms with E-state index in [-0.39, 0.29) is 5.69 Å². The normalized spacial score (nSPS) is 10.8. The number of aromatic amines is 2. The highest BCUT2D eigenvalue weighted by atomic mass is 32.1. The van der Waals surface area contributed by atoms with E-state index >= 15 is 0 Å². The lowest BCUT2D eigenvalue weighted by Gasteiger charge is -1.99. The largest absolute Gasteiger partial charge is 0.342 e. The zero-order valence-corrected chi connectivity index (χ0v) is 9.26. The van der Waals surface area contributed by atoms with Crippen LogP contribution in [0.1, 0.15) is 11.3 Å². The van der Waals surface area contributed by atoms with Crippen LogP contribution >= 0.6 is 12.2 Å². The smallest absolute Gasteiger partial charge is 0.273 e. The summed E-state index contributed by atoms with van der Waals surface area (Å²) in [6, 6.07) is 0. The van der Waals surface area contributed by atoms with E-state index in [1.807, 2.05) is 14.0 Å². The van der Waals surface area contributed by atoms with Gasteiger partial charge in [0.2, 0.25) is 0 Å². The minimum atomic E-state index is -0.233. The molecule has 2 rings (SSSR count). The van der Waals surface area contributed by atoms with Gasteiger partial charge in [0.05, 0.1) is 12.7 Å². The minimum absolute atomic E-state index is 0.233. The van der Waals surface area contributed by atoms with Crippen molar-refractivity contribution in [1.82, 2.24) is 24.5 Å². The van der Waals surface area contributed by atoms with Crippen molar-refractivity contribution in [1.29, 1.82) is 0 Å². The van der Waals surface area contributed by atoms with Crippen LogP contribution < -0.4 is 5.69 Å². The first kappa shape index (κ1) is 9.91. The number of rotatable bonds is 2. The standard InChI is InChI=1S/C8H11N5OS/c1-5-6(3-9-12(5)2)4-13-7(14)10-11-8(13)15/h3H,4H2,1-2H3,(H,10,14)(H,11,15). The third-order valence-corrected chi connectivity index (χ3v) is 2.75. The predicted octanol–water partition coefficient (Wildman–Crippen LogP) is 0.324. The van der Waals surface area contributed by atoms with E-state index in [1.54, 1.807) is 10.9 Å². The molecule has 80 valence electrons. The van der Waals surface area contributed by atoms with Crippen LogP contribution in [0.5, 0.6) is 0 Å². The Balaban J connectivity index is 2.42. The van der Waals surface area contributed by atoms with Gasteiger partial charge in [0.25, 0.3) is 0 Å². The molecule has 2 aromatic heterocycles. The van der Waals surface area contributed by atoms with Gasteiger partial charge >= 0.3 is 5.69 Å². The van der Waals surface area contributed by atoms with Crippen LogP contribution in [-0.2, 0) is 13.6 Å². The number of hydrogen-bond donors (Lipinski definition) is 2. The number of hydrogen-bond acceptors (Lipinski definition) is 3. The number of H-pyrrole nitrogens is 2. The van der Waals surface area contributed by atoms with Gasteiger partial charge in [0.15, 0.2) is 4.77 Å². The number of aryl methyl sites for hydroxylation is 1. The van der Waals surface area contributed by atoms with Gasteiger partial charge in [-0.05, 0) is 19.1 Å². The van der Waals surface area contributed by atoms with Crippen molar-refractivity contribution < 1.29 is 0 Å². The molecule has 15 heavy (non-hydrogen) atoms. The van der Waals surface area contributed by atoms with Crippen molar-refractivity contribution in [2.24, 2.45) is 7.05 Å². The molecule has 0 aliphatic carbocycles. The lowest BCUT2D eigenvalue weighted by atomic mass is 10.2. The molecule has 0 atom stereocenters. The molecular formula is C8H11N5OS. The van der Waals surface area contributed by atoms with Gasteiger partial charge in [-0.1, -0.05) is 0 Å². The molecule has 2 heterocycles. The van der Waals surface area contributed by atoms with Crippen LogP contribution in [-0.4, -0.2) is 24.5 Å². The molecule has 0 spiro atoms. The third kappa shape index (κ3) is 1.65. The Bertz CT molecular complexity index is 559. The maximum absolute atomic E-state index is 11.3. The van der Waals surface area contributed by atoms with Crippen molar-refractivity contribution >= 4 is 12.2 Å². The molecule has 6 nitrogen and oxygen atoms in total. The van der Waals surface area contributed by atoms with Gasteiger partial charge < -0.3 is 0 Å². The van der Waals surface area contributed by atoms with Crippen molar-refractivity contribution in [2.75, 3.05) is 0 Å². The van der Waals surface area contributed by atoms with Gasteiger partial charge in [-0.3, -0.25) is 14.3 Å². The van der Waals surface area contributed by atoms with Gasteiger partial charge in [0.1, 0.15) is 0 Å². The summed E-state index contributed by atoms with van der Waals surface area (Å²) in [5, 5.41) is 9.13. The second-order valence-corrected chi connectivity index (χ2v) is 3.71. The van der Waals surface area contributed by atoms with Gasteiger partial charge in [-0.15, -0.1) is 0 Å². The second kappa shape index (κ2) is 3.50. The van der Waals surface area contributed by atoms with Crippen molar-refractivity contribution in [3.63, 3.8) is 0 Å². The highest BCUT2D eigenvalue weighted by Crippen LogP contribution is 2.06. The molecule has 0 amide bonds. The summed E-state index contributed by atoms with van der Waals surface area (Å²) in [5.74, 6) is 0. The van der Waals surface area contributed by atoms with E-state index in [4.69, 9.17) is 12.2 Å². The van der Waals surface area contributed by atoms with Crippen LogP contribution in [0.15, 0.2) is 11.0 Å². The number of nitrogens with zero attached hydrogens (tertiary/aromatic N) is 3. The van der Waals surface area contributed by atoms with E-state index in [0.29, 0.717) is 11.3 Å². The second-order valence-electron chi connectivity index (χ2n) is 3.33. The SMILES string of the molecule is Cc1c(Cn2c(=O)[nH][nH]c2=S)cnn1C. The lowest BCUT2D eigenvalue weighted by molar-refractivity contribution is 0.721. The summed E-state index contributed by atoms with van der Waals surface area (Å²) < 4.78 is 3.61. The molecule has 0 aromatic carbocycles. The molecule has 0 bridgehead atoms. The number of aromatic nitrogens is 5. The Morgan fingerprint density at radius 1 is 1.53 bits per heavy atom. The van der Waals surface area contributed by atoms with Crippen molar-refractivity contribution in [2.45, 2.75) is 13.5 Å². The molecule has 2 aromatic rings. The van der Waals surface area contributed by atoms with Crippen LogP contribution in [0.2, 0.25) is 0 Å². The van der Waals surface area contributed by atoms with Gasteiger partial charge in [-0.25, -0.2) is 9.89 Å². The van der Waals surface area contributed by atoms with E-state index < -0.39 is 0 Å². The Morgan fingerprint density at radius 3 is 2.73 bits per heavy atom. The molecule has 0 saturated carbocycles. The Hall–Kier alpha value is -1.63. The molecule has 0 unspecified atom stereocenters. The molecule has 0 saturated heterocycles. The van der Waals surface area contributed by atoms with Crippen LogP contribution in [0.3, 0.4) is 0 Å². The molecule has 0 aliphatic rings. The summed E-state index contributed by atoms with van der Waals surface area (Å²) >= 11 is 4.97. The quantitative estimate of drug-likeness (QED) is 0.723. The number of nitrogens with one attached hydrogen (secondary N) is 2. The Kier molecular flexibility index (Phi) is 2.31. The van der Waals surface area contributed by atoms with Crippen LogP contribution in [0.4, 0.5) is 0 Å². The Labute approximate surface area is 90.5 Å². The molecular weight excluding hydrogens is 214 g/mol. The van der Waals surface area contributed by atoms with Gasteiger partial charge in [-0.2, -0.15) is 5.10 Å². The fraction of sp³-hybridized carbons (Fsp3) is 0.375. The fourth-order valence-corrected chi connectivity index (χ4v) is 1.55. The van der Waals surface area contributed by atoms with Gasteiger partial charge in [0, 0.05) is 18.3 Å². The zero-order valence-electron chi connectivity index (χ0n) is 8.44. The maximum atomic E-state index is 11.3. The topological polar surface area (TPSA) is 71.4 Å². The molecule has 7 heteroatoms. The third-order valence-electron chi connectivity index (χ3n) is 2.43. The average Bonchev–Trinajstić information content (AvgIpc) is 2.68. The van der Waals surface area contributed by atoms with Crippen molar-refractivity contribution in [3.8, 4) is 0 Å².